The van der Waals surface area contributed by atoms with E-state index < -0.39 is 17.0 Å². The zero-order valence-corrected chi connectivity index (χ0v) is 17.3. The molecule has 23 heavy (non-hydrogen) atoms. The summed E-state index contributed by atoms with van der Waals surface area (Å²) in [4.78, 5) is 23.2. The second-order valence-electron chi connectivity index (χ2n) is 8.71. The molecule has 0 aromatic carbocycles. The molecule has 0 saturated carbocycles. The third-order valence-electron chi connectivity index (χ3n) is 4.86. The molecule has 0 aromatic rings. The third-order valence-corrected chi connectivity index (χ3v) is 4.86. The van der Waals surface area contributed by atoms with Crippen LogP contribution in [0.3, 0.4) is 0 Å². The van der Waals surface area contributed by atoms with Crippen LogP contribution < -0.4 is 0 Å². The van der Waals surface area contributed by atoms with Crippen LogP contribution in [0.1, 0.15) is 89.0 Å². The van der Waals surface area contributed by atoms with Crippen LogP contribution in [-0.2, 0) is 19.6 Å². The summed E-state index contributed by atoms with van der Waals surface area (Å²) in [6.07, 6.45) is 1.35. The smallest absolute Gasteiger partial charge is 0.227 e. The molecule has 0 amide bonds. The largest absolute Gasteiger partial charge is 0.234 e. The van der Waals surface area contributed by atoms with E-state index in [1.165, 1.54) is 0 Å². The third kappa shape index (κ3) is 7.51. The predicted octanol–water partition coefficient (Wildman–Crippen LogP) is 5.90. The van der Waals surface area contributed by atoms with Crippen molar-refractivity contribution in [2.75, 3.05) is 0 Å². The highest BCUT2D eigenvalue weighted by atomic mass is 17.3. The average Bonchev–Trinajstić information content (AvgIpc) is 2.41. The molecular weight excluding hydrogens is 292 g/mol. The Hall–Kier alpha value is -0.160. The summed E-state index contributed by atoms with van der Waals surface area (Å²) in [5, 5.41) is 0. The van der Waals surface area contributed by atoms with Gasteiger partial charge < -0.3 is 0 Å². The minimum absolute atomic E-state index is 0.323. The van der Waals surface area contributed by atoms with E-state index in [9.17, 15) is 0 Å². The Bertz CT molecular complexity index is 308. The molecule has 0 aliphatic heterocycles. The van der Waals surface area contributed by atoms with E-state index in [0.29, 0.717) is 30.6 Å². The summed E-state index contributed by atoms with van der Waals surface area (Å²) in [6.45, 7) is 22.8. The van der Waals surface area contributed by atoms with Crippen molar-refractivity contribution in [3.8, 4) is 0 Å². The van der Waals surface area contributed by atoms with Gasteiger partial charge >= 0.3 is 0 Å². The van der Waals surface area contributed by atoms with Gasteiger partial charge in [-0.3, -0.25) is 0 Å². The molecule has 0 radical (unpaired) electrons. The molecule has 0 aliphatic rings. The highest BCUT2D eigenvalue weighted by molar-refractivity contribution is 4.74. The summed E-state index contributed by atoms with van der Waals surface area (Å²) in [6, 6.07) is 0. The lowest BCUT2D eigenvalue weighted by Crippen LogP contribution is -2.44. The summed E-state index contributed by atoms with van der Waals surface area (Å²) < 4.78 is 0. The lowest BCUT2D eigenvalue weighted by molar-refractivity contribution is -0.550. The second kappa shape index (κ2) is 8.80. The topological polar surface area (TPSA) is 36.9 Å². The van der Waals surface area contributed by atoms with Crippen molar-refractivity contribution in [3.05, 3.63) is 0 Å². The Morgan fingerprint density at radius 2 is 1.00 bits per heavy atom. The van der Waals surface area contributed by atoms with Crippen LogP contribution in [0.15, 0.2) is 0 Å². The van der Waals surface area contributed by atoms with Crippen molar-refractivity contribution in [3.63, 3.8) is 0 Å². The molecular formula is C19H40O4. The van der Waals surface area contributed by atoms with Gasteiger partial charge in [0.15, 0.2) is 0 Å². The quantitative estimate of drug-likeness (QED) is 0.268. The van der Waals surface area contributed by atoms with Crippen molar-refractivity contribution in [1.29, 1.82) is 0 Å². The Kier molecular flexibility index (Phi) is 8.73. The molecule has 0 heterocycles. The van der Waals surface area contributed by atoms with E-state index in [1.807, 2.05) is 34.6 Å². The summed E-state index contributed by atoms with van der Waals surface area (Å²) in [5.41, 5.74) is -0.789. The summed E-state index contributed by atoms with van der Waals surface area (Å²) in [5.74, 6) is 0.145. The first-order valence-corrected chi connectivity index (χ1v) is 9.01. The SMILES string of the molecule is CCC(CC(C)C)(OOC(C)(C)C(C)C)OOC(C)(C)C(C)C. The van der Waals surface area contributed by atoms with E-state index in [2.05, 4.69) is 41.5 Å². The van der Waals surface area contributed by atoms with Crippen LogP contribution in [-0.4, -0.2) is 17.0 Å². The molecule has 0 saturated heterocycles. The first-order chi connectivity index (χ1) is 10.3. The van der Waals surface area contributed by atoms with Gasteiger partial charge in [-0.05, 0) is 45.4 Å². The van der Waals surface area contributed by atoms with E-state index in [4.69, 9.17) is 19.6 Å². The maximum Gasteiger partial charge on any atom is 0.234 e. The fourth-order valence-electron chi connectivity index (χ4n) is 1.53. The van der Waals surface area contributed by atoms with Crippen molar-refractivity contribution >= 4 is 0 Å². The zero-order chi connectivity index (χ0) is 18.5. The molecule has 4 nitrogen and oxygen atoms in total. The Labute approximate surface area is 144 Å². The molecule has 0 spiro atoms. The van der Waals surface area contributed by atoms with Crippen molar-refractivity contribution in [2.24, 2.45) is 17.8 Å². The van der Waals surface area contributed by atoms with Crippen molar-refractivity contribution < 1.29 is 19.6 Å². The second-order valence-corrected chi connectivity index (χ2v) is 8.71. The maximum absolute atomic E-state index is 5.84. The van der Waals surface area contributed by atoms with Gasteiger partial charge in [0.1, 0.15) is 11.2 Å². The minimum Gasteiger partial charge on any atom is -0.227 e. The lowest BCUT2D eigenvalue weighted by atomic mass is 9.95. The van der Waals surface area contributed by atoms with Crippen LogP contribution >= 0.6 is 0 Å². The average molecular weight is 333 g/mol. The van der Waals surface area contributed by atoms with E-state index >= 15 is 0 Å². The standard InChI is InChI=1S/C19H40O4/c1-12-19(13-14(2)3,22-20-17(8,9)15(4)5)23-21-18(10,11)16(6)7/h14-16H,12-13H2,1-11H3. The predicted molar refractivity (Wildman–Crippen MR) is 94.7 cm³/mol. The van der Waals surface area contributed by atoms with Gasteiger partial charge in [-0.15, -0.1) is 0 Å². The summed E-state index contributed by atoms with van der Waals surface area (Å²) in [7, 11) is 0. The molecule has 0 unspecified atom stereocenters. The molecule has 0 fully saturated rings. The van der Waals surface area contributed by atoms with Crippen LogP contribution in [0, 0.1) is 17.8 Å². The summed E-state index contributed by atoms with van der Waals surface area (Å²) >= 11 is 0. The van der Waals surface area contributed by atoms with Gasteiger partial charge in [-0.25, -0.2) is 9.78 Å². The molecule has 0 aromatic heterocycles. The zero-order valence-electron chi connectivity index (χ0n) is 17.3. The maximum atomic E-state index is 5.84. The van der Waals surface area contributed by atoms with E-state index in [1.54, 1.807) is 0 Å². The fraction of sp³-hybridized carbons (Fsp3) is 1.00. The van der Waals surface area contributed by atoms with Gasteiger partial charge in [0, 0.05) is 12.8 Å². The van der Waals surface area contributed by atoms with Gasteiger partial charge in [0.05, 0.1) is 0 Å². The number of hydrogen-bond donors (Lipinski definition) is 0. The van der Waals surface area contributed by atoms with E-state index in [0.717, 1.165) is 0 Å². The molecule has 4 heteroatoms. The van der Waals surface area contributed by atoms with Crippen LogP contribution in [0.4, 0.5) is 0 Å². The van der Waals surface area contributed by atoms with Gasteiger partial charge in [0.2, 0.25) is 5.79 Å². The monoisotopic (exact) mass is 332 g/mol. The van der Waals surface area contributed by atoms with Crippen molar-refractivity contribution in [1.82, 2.24) is 0 Å². The molecule has 0 atom stereocenters. The minimum atomic E-state index is -0.896. The van der Waals surface area contributed by atoms with Gasteiger partial charge in [-0.2, -0.15) is 9.78 Å². The molecule has 0 N–H and O–H groups in total. The van der Waals surface area contributed by atoms with Crippen molar-refractivity contribution in [2.45, 2.75) is 106 Å². The highest BCUT2D eigenvalue weighted by Gasteiger charge is 2.40. The number of hydrogen-bond acceptors (Lipinski definition) is 4. The first-order valence-electron chi connectivity index (χ1n) is 9.01. The van der Waals surface area contributed by atoms with Gasteiger partial charge in [0.25, 0.3) is 0 Å². The molecule has 0 aliphatic carbocycles. The molecule has 0 bridgehead atoms. The lowest BCUT2D eigenvalue weighted by Gasteiger charge is -2.39. The number of rotatable bonds is 11. The normalized spacial score (nSPS) is 14.3. The highest BCUT2D eigenvalue weighted by Crippen LogP contribution is 2.33. The van der Waals surface area contributed by atoms with Crippen LogP contribution in [0.2, 0.25) is 0 Å². The molecule has 140 valence electrons. The van der Waals surface area contributed by atoms with Crippen LogP contribution in [0.25, 0.3) is 0 Å². The van der Waals surface area contributed by atoms with Crippen LogP contribution in [0.5, 0.6) is 0 Å². The van der Waals surface area contributed by atoms with E-state index in [-0.39, 0.29) is 0 Å². The first kappa shape index (κ1) is 22.8. The molecule has 0 rings (SSSR count). The Morgan fingerprint density at radius 3 is 1.22 bits per heavy atom. The Balaban J connectivity index is 5.10. The fourth-order valence-corrected chi connectivity index (χ4v) is 1.53. The Morgan fingerprint density at radius 1 is 0.652 bits per heavy atom. The van der Waals surface area contributed by atoms with Gasteiger partial charge in [-0.1, -0.05) is 48.5 Å².